The van der Waals surface area contributed by atoms with Gasteiger partial charge in [-0.1, -0.05) is 99.7 Å². The maximum atomic E-state index is 13.5. The van der Waals surface area contributed by atoms with E-state index in [1.165, 1.54) is 50.5 Å². The molecule has 1 saturated heterocycles. The molecule has 2 heterocycles. The number of carboxylic acid groups (broad SMARTS) is 1. The van der Waals surface area contributed by atoms with Crippen LogP contribution in [0.2, 0.25) is 0 Å². The minimum absolute atomic E-state index is 0.0431. The van der Waals surface area contributed by atoms with E-state index in [4.69, 9.17) is 9.47 Å². The Kier molecular flexibility index (Phi) is 14.7. The fourth-order valence-electron chi connectivity index (χ4n) is 7.79. The number of nitrogens with one attached hydrogen (secondary N) is 1. The van der Waals surface area contributed by atoms with Crippen molar-refractivity contribution in [2.75, 3.05) is 45.8 Å². The van der Waals surface area contributed by atoms with Crippen LogP contribution in [-0.2, 0) is 22.5 Å². The summed E-state index contributed by atoms with van der Waals surface area (Å²) < 4.78 is 11.2. The standard InChI is InChI=1S/C28H22N2O4.C20H35NO2/c31-26-18-5-1-3-7-22(18)29-23-13-21-25(14-20(23)26)30(24-8-4-2-6-19(24)27(21)32)15-16-9-11-17(12-10-16)28(33)34;1-4-5-6-7-8-9-10-19-11-13-20(14-12-19)23-18-17-22-16-15-21(2)3/h1-14,19-20,23-24,29H,15H2,(H,33,34);11-14H,4-10,15-18H2,1-3H3. The molecule has 3 aromatic rings. The fraction of sp³-hybridized carbons (Fsp3) is 0.396. The number of likely N-dealkylation sites (N-methyl/N-ethyl adjacent to an activating group) is 1. The first-order valence-electron chi connectivity index (χ1n) is 20.5. The van der Waals surface area contributed by atoms with E-state index in [0.29, 0.717) is 30.9 Å². The number of ketones is 2. The van der Waals surface area contributed by atoms with Crippen LogP contribution in [0.1, 0.15) is 77.3 Å². The number of carboxylic acids is 1. The lowest BCUT2D eigenvalue weighted by Crippen LogP contribution is -2.51. The molecule has 57 heavy (non-hydrogen) atoms. The second kappa shape index (κ2) is 20.3. The predicted octanol–water partition coefficient (Wildman–Crippen LogP) is 8.54. The number of ether oxygens (including phenoxy) is 2. The number of allylic oxidation sites excluding steroid dienone is 3. The largest absolute Gasteiger partial charge is 0.491 e. The Morgan fingerprint density at radius 1 is 0.789 bits per heavy atom. The van der Waals surface area contributed by atoms with Gasteiger partial charge in [-0.25, -0.2) is 4.79 Å². The maximum Gasteiger partial charge on any atom is 0.335 e. The molecule has 0 spiro atoms. The Bertz CT molecular complexity index is 1960. The number of aryl methyl sites for hydroxylation is 1. The maximum absolute atomic E-state index is 13.5. The molecule has 0 bridgehead atoms. The molecule has 4 aliphatic rings. The number of piperidine rings is 1. The minimum atomic E-state index is -0.967. The fourth-order valence-corrected chi connectivity index (χ4v) is 7.79. The molecule has 7 rings (SSSR count). The topological polar surface area (TPSA) is 108 Å². The van der Waals surface area contributed by atoms with Gasteiger partial charge in [-0.15, -0.1) is 0 Å². The number of carbonyl (C=O) groups is 3. The first-order valence-corrected chi connectivity index (χ1v) is 20.5. The van der Waals surface area contributed by atoms with E-state index >= 15 is 0 Å². The third kappa shape index (κ3) is 10.8. The molecule has 0 radical (unpaired) electrons. The van der Waals surface area contributed by atoms with E-state index in [0.717, 1.165) is 35.8 Å². The molecule has 1 fully saturated rings. The lowest BCUT2D eigenvalue weighted by Gasteiger charge is -2.46. The quantitative estimate of drug-likeness (QED) is 0.131. The molecule has 0 saturated carbocycles. The van der Waals surface area contributed by atoms with Crippen molar-refractivity contribution in [1.29, 1.82) is 0 Å². The summed E-state index contributed by atoms with van der Waals surface area (Å²) in [6.07, 6.45) is 21.0. The molecule has 4 unspecified atom stereocenters. The molecule has 0 aromatic heterocycles. The van der Waals surface area contributed by atoms with Gasteiger partial charge in [0.25, 0.3) is 0 Å². The van der Waals surface area contributed by atoms with Gasteiger partial charge < -0.3 is 29.7 Å². The molecule has 3 aromatic carbocycles. The van der Waals surface area contributed by atoms with Crippen molar-refractivity contribution in [3.63, 3.8) is 0 Å². The van der Waals surface area contributed by atoms with Gasteiger partial charge in [0, 0.05) is 35.6 Å². The molecule has 9 nitrogen and oxygen atoms in total. The zero-order valence-corrected chi connectivity index (χ0v) is 33.6. The van der Waals surface area contributed by atoms with E-state index in [1.54, 1.807) is 24.3 Å². The van der Waals surface area contributed by atoms with Crippen LogP contribution < -0.4 is 10.1 Å². The Morgan fingerprint density at radius 2 is 1.51 bits per heavy atom. The number of benzene rings is 3. The lowest BCUT2D eigenvalue weighted by molar-refractivity contribution is -0.120. The first kappa shape index (κ1) is 41.4. The first-order chi connectivity index (χ1) is 27.7. The van der Waals surface area contributed by atoms with E-state index in [-0.39, 0.29) is 35.1 Å². The van der Waals surface area contributed by atoms with Crippen LogP contribution in [-0.4, -0.2) is 85.0 Å². The summed E-state index contributed by atoms with van der Waals surface area (Å²) in [6.45, 7) is 5.73. The number of likely N-dealkylation sites (tertiary alicyclic amines) is 1. The van der Waals surface area contributed by atoms with Crippen molar-refractivity contribution in [1.82, 2.24) is 9.80 Å². The number of hydrogen-bond acceptors (Lipinski definition) is 8. The molecule has 0 amide bonds. The van der Waals surface area contributed by atoms with Crippen LogP contribution in [0.15, 0.2) is 121 Å². The van der Waals surface area contributed by atoms with E-state index < -0.39 is 11.9 Å². The number of aromatic carboxylic acids is 1. The van der Waals surface area contributed by atoms with Gasteiger partial charge in [0.15, 0.2) is 11.6 Å². The van der Waals surface area contributed by atoms with Gasteiger partial charge in [-0.3, -0.25) is 9.59 Å². The number of fused-ring (bicyclic) bond motifs is 4. The summed E-state index contributed by atoms with van der Waals surface area (Å²) in [7, 11) is 4.10. The summed E-state index contributed by atoms with van der Waals surface area (Å²) >= 11 is 0. The van der Waals surface area contributed by atoms with Crippen molar-refractivity contribution < 1.29 is 29.0 Å². The molecule has 4 atom stereocenters. The number of para-hydroxylation sites is 1. The summed E-state index contributed by atoms with van der Waals surface area (Å²) in [5, 5.41) is 12.7. The normalized spacial score (nSPS) is 20.2. The van der Waals surface area contributed by atoms with Crippen LogP contribution in [0, 0.1) is 11.8 Å². The zero-order valence-electron chi connectivity index (χ0n) is 33.6. The predicted molar refractivity (Wildman–Crippen MR) is 226 cm³/mol. The minimum Gasteiger partial charge on any atom is -0.491 e. The van der Waals surface area contributed by atoms with Crippen molar-refractivity contribution in [2.45, 2.75) is 70.5 Å². The van der Waals surface area contributed by atoms with Crippen LogP contribution in [0.3, 0.4) is 0 Å². The highest BCUT2D eigenvalue weighted by molar-refractivity contribution is 6.09. The van der Waals surface area contributed by atoms with Gasteiger partial charge >= 0.3 is 5.97 Å². The Morgan fingerprint density at radius 3 is 2.26 bits per heavy atom. The summed E-state index contributed by atoms with van der Waals surface area (Å²) in [5.74, 6) is -0.645. The third-order valence-corrected chi connectivity index (χ3v) is 11.0. The zero-order chi connectivity index (χ0) is 40.1. The number of Topliss-reactive ketones (excluding diaryl/α,β-unsaturated/α-hetero) is 2. The Balaban J connectivity index is 0.000000210. The highest BCUT2D eigenvalue weighted by Crippen LogP contribution is 2.42. The average Bonchev–Trinajstić information content (AvgIpc) is 3.22. The molecule has 2 N–H and O–H groups in total. The summed E-state index contributed by atoms with van der Waals surface area (Å²) in [4.78, 5) is 42.4. The van der Waals surface area contributed by atoms with Crippen molar-refractivity contribution in [3.05, 3.63) is 143 Å². The van der Waals surface area contributed by atoms with Crippen LogP contribution in [0.25, 0.3) is 0 Å². The lowest BCUT2D eigenvalue weighted by atomic mass is 9.74. The highest BCUT2D eigenvalue weighted by Gasteiger charge is 2.45. The van der Waals surface area contributed by atoms with Crippen molar-refractivity contribution in [2.24, 2.45) is 11.8 Å². The number of hydrogen-bond donors (Lipinski definition) is 2. The second-order valence-corrected chi connectivity index (χ2v) is 15.4. The third-order valence-electron chi connectivity index (χ3n) is 11.0. The second-order valence-electron chi connectivity index (χ2n) is 15.4. The Hall–Kier alpha value is -5.25. The van der Waals surface area contributed by atoms with Crippen LogP contribution >= 0.6 is 0 Å². The monoisotopic (exact) mass is 771 g/mol. The van der Waals surface area contributed by atoms with Crippen molar-refractivity contribution in [3.8, 4) is 5.75 Å². The van der Waals surface area contributed by atoms with Crippen LogP contribution in [0.5, 0.6) is 5.75 Å². The van der Waals surface area contributed by atoms with Crippen molar-refractivity contribution >= 4 is 23.2 Å². The molecule has 9 heteroatoms. The number of rotatable bonds is 17. The summed E-state index contributed by atoms with van der Waals surface area (Å²) in [6, 6.07) is 22.3. The van der Waals surface area contributed by atoms with E-state index in [9.17, 15) is 19.5 Å². The van der Waals surface area contributed by atoms with Gasteiger partial charge in [0.1, 0.15) is 12.4 Å². The molecule has 2 aliphatic heterocycles. The van der Waals surface area contributed by atoms with Crippen LogP contribution in [0.4, 0.5) is 5.69 Å². The van der Waals surface area contributed by atoms with Gasteiger partial charge in [-0.2, -0.15) is 0 Å². The summed E-state index contributed by atoms with van der Waals surface area (Å²) in [5.41, 5.74) is 5.42. The SMILES string of the molecule is CCCCCCCCc1ccc(OCCOCCN(C)C)cc1.O=C(O)c1ccc(CN2C3=CC4C(=O)c5ccccc5NC4C=C3C(=O)C3C=CC=CC32)cc1. The molecule has 300 valence electrons. The molecular formula is C48H57N3O6. The van der Waals surface area contributed by atoms with Gasteiger partial charge in [0.2, 0.25) is 0 Å². The molecular weight excluding hydrogens is 715 g/mol. The molecule has 2 aliphatic carbocycles. The number of unbranched alkanes of at least 4 members (excludes halogenated alkanes) is 5. The van der Waals surface area contributed by atoms with E-state index in [2.05, 4.69) is 46.3 Å². The number of carbonyl (C=O) groups excluding carboxylic acids is 2. The smallest absolute Gasteiger partial charge is 0.335 e. The number of nitrogens with zero attached hydrogens (tertiary/aromatic N) is 2. The van der Waals surface area contributed by atoms with E-state index in [1.807, 2.05) is 74.8 Å². The highest BCUT2D eigenvalue weighted by atomic mass is 16.5. The van der Waals surface area contributed by atoms with Gasteiger partial charge in [-0.05, 0) is 86.6 Å². The van der Waals surface area contributed by atoms with Gasteiger partial charge in [0.05, 0.1) is 42.7 Å². The average molecular weight is 772 g/mol. The number of anilines is 1. The Labute approximate surface area is 337 Å².